The molecule has 0 bridgehead atoms. The maximum absolute atomic E-state index is 12.0. The summed E-state index contributed by atoms with van der Waals surface area (Å²) in [5.41, 5.74) is 0. The van der Waals surface area contributed by atoms with Gasteiger partial charge >= 0.3 is 0 Å². The second-order valence-corrected chi connectivity index (χ2v) is 6.43. The Bertz CT molecular complexity index is 375. The van der Waals surface area contributed by atoms with Crippen LogP contribution >= 0.6 is 0 Å². The zero-order valence-corrected chi connectivity index (χ0v) is 13.8. The lowest BCUT2D eigenvalue weighted by Crippen LogP contribution is -2.46. The van der Waals surface area contributed by atoms with Gasteiger partial charge in [0.1, 0.15) is 6.10 Å². The zero-order chi connectivity index (χ0) is 15.9. The van der Waals surface area contributed by atoms with Crippen molar-refractivity contribution in [3.63, 3.8) is 0 Å². The molecule has 1 atom stereocenters. The van der Waals surface area contributed by atoms with Crippen LogP contribution in [0.3, 0.4) is 0 Å². The third-order valence-electron chi connectivity index (χ3n) is 4.78. The van der Waals surface area contributed by atoms with Gasteiger partial charge in [0.05, 0.1) is 6.54 Å². The van der Waals surface area contributed by atoms with Crippen LogP contribution in [0.5, 0.6) is 0 Å². The van der Waals surface area contributed by atoms with Gasteiger partial charge in [-0.25, -0.2) is 0 Å². The molecule has 2 fully saturated rings. The number of carbonyl (C=O) groups is 2. The summed E-state index contributed by atoms with van der Waals surface area (Å²) < 4.78 is 5.08. The van der Waals surface area contributed by atoms with Gasteiger partial charge in [-0.05, 0) is 51.6 Å². The van der Waals surface area contributed by atoms with Gasteiger partial charge in [0, 0.05) is 26.7 Å². The number of likely N-dealkylation sites (tertiary alicyclic amines) is 2. The molecule has 0 aromatic heterocycles. The molecule has 126 valence electrons. The van der Waals surface area contributed by atoms with E-state index in [0.717, 1.165) is 45.6 Å². The summed E-state index contributed by atoms with van der Waals surface area (Å²) in [4.78, 5) is 28.0. The predicted molar refractivity (Wildman–Crippen MR) is 84.5 cm³/mol. The minimum absolute atomic E-state index is 0.0685. The molecule has 2 rings (SSSR count). The zero-order valence-electron chi connectivity index (χ0n) is 13.8. The van der Waals surface area contributed by atoms with E-state index in [1.165, 1.54) is 12.8 Å². The number of nitrogens with one attached hydrogen (secondary N) is 1. The number of piperidine rings is 1. The van der Waals surface area contributed by atoms with Gasteiger partial charge in [0.25, 0.3) is 5.91 Å². The molecule has 2 saturated heterocycles. The molecular weight excluding hydrogens is 282 g/mol. The molecule has 0 aromatic rings. The third-order valence-corrected chi connectivity index (χ3v) is 4.78. The van der Waals surface area contributed by atoms with Crippen molar-refractivity contribution in [2.45, 2.75) is 38.7 Å². The second kappa shape index (κ2) is 8.48. The van der Waals surface area contributed by atoms with Gasteiger partial charge in [-0.3, -0.25) is 14.5 Å². The van der Waals surface area contributed by atoms with E-state index >= 15 is 0 Å². The molecule has 0 aliphatic carbocycles. The van der Waals surface area contributed by atoms with Crippen LogP contribution in [0.4, 0.5) is 0 Å². The largest absolute Gasteiger partial charge is 0.372 e. The van der Waals surface area contributed by atoms with Crippen molar-refractivity contribution in [1.82, 2.24) is 15.1 Å². The Morgan fingerprint density at radius 3 is 2.41 bits per heavy atom. The van der Waals surface area contributed by atoms with Crippen molar-refractivity contribution < 1.29 is 14.3 Å². The summed E-state index contributed by atoms with van der Waals surface area (Å²) in [6, 6.07) is 0. The van der Waals surface area contributed by atoms with Gasteiger partial charge in [0.2, 0.25) is 5.91 Å². The van der Waals surface area contributed by atoms with Crippen LogP contribution in [0.1, 0.15) is 32.6 Å². The van der Waals surface area contributed by atoms with E-state index in [2.05, 4.69) is 10.2 Å². The average molecular weight is 311 g/mol. The first-order valence-electron chi connectivity index (χ1n) is 8.40. The summed E-state index contributed by atoms with van der Waals surface area (Å²) in [6.45, 7) is 6.67. The van der Waals surface area contributed by atoms with E-state index in [-0.39, 0.29) is 17.9 Å². The molecule has 0 aromatic carbocycles. The second-order valence-electron chi connectivity index (χ2n) is 6.43. The molecule has 0 radical (unpaired) electrons. The summed E-state index contributed by atoms with van der Waals surface area (Å²) in [5.74, 6) is 0.678. The van der Waals surface area contributed by atoms with E-state index in [1.54, 1.807) is 14.0 Å². The van der Waals surface area contributed by atoms with Crippen LogP contribution in [-0.4, -0.2) is 74.1 Å². The average Bonchev–Trinajstić information content (AvgIpc) is 3.05. The van der Waals surface area contributed by atoms with Crippen molar-refractivity contribution in [3.05, 3.63) is 0 Å². The van der Waals surface area contributed by atoms with E-state index in [4.69, 9.17) is 4.74 Å². The molecule has 0 saturated carbocycles. The minimum Gasteiger partial charge on any atom is -0.372 e. The highest BCUT2D eigenvalue weighted by molar-refractivity contribution is 5.80. The molecule has 2 aliphatic rings. The Labute approximate surface area is 133 Å². The van der Waals surface area contributed by atoms with Gasteiger partial charge in [-0.1, -0.05) is 0 Å². The highest BCUT2D eigenvalue weighted by Gasteiger charge is 2.26. The monoisotopic (exact) mass is 311 g/mol. The lowest BCUT2D eigenvalue weighted by molar-refractivity contribution is -0.142. The first-order chi connectivity index (χ1) is 10.6. The van der Waals surface area contributed by atoms with E-state index in [9.17, 15) is 9.59 Å². The molecule has 0 spiro atoms. The van der Waals surface area contributed by atoms with Gasteiger partial charge in [-0.15, -0.1) is 0 Å². The lowest BCUT2D eigenvalue weighted by atomic mass is 9.96. The Hall–Kier alpha value is -1.14. The van der Waals surface area contributed by atoms with E-state index in [0.29, 0.717) is 12.5 Å². The fourth-order valence-corrected chi connectivity index (χ4v) is 3.17. The molecule has 6 heteroatoms. The van der Waals surface area contributed by atoms with Crippen molar-refractivity contribution in [1.29, 1.82) is 0 Å². The predicted octanol–water partition coefficient (Wildman–Crippen LogP) is 0.472. The highest BCUT2D eigenvalue weighted by atomic mass is 16.5. The molecule has 1 unspecified atom stereocenters. The van der Waals surface area contributed by atoms with Crippen molar-refractivity contribution in [2.75, 3.05) is 46.4 Å². The molecule has 1 N–H and O–H groups in total. The van der Waals surface area contributed by atoms with Crippen molar-refractivity contribution >= 4 is 11.8 Å². The van der Waals surface area contributed by atoms with Crippen LogP contribution in [0.15, 0.2) is 0 Å². The summed E-state index contributed by atoms with van der Waals surface area (Å²) in [7, 11) is 1.56. The molecule has 2 aliphatic heterocycles. The molecule has 2 amide bonds. The topological polar surface area (TPSA) is 61.9 Å². The summed E-state index contributed by atoms with van der Waals surface area (Å²) in [6.07, 6.45) is 3.95. The Morgan fingerprint density at radius 1 is 1.18 bits per heavy atom. The SMILES string of the molecule is COC(C)C(=O)N1CCC(CNC(=O)CN2CCCC2)CC1. The van der Waals surface area contributed by atoms with Crippen LogP contribution in [0.2, 0.25) is 0 Å². The maximum atomic E-state index is 12.0. The first kappa shape index (κ1) is 17.2. The quantitative estimate of drug-likeness (QED) is 0.775. The van der Waals surface area contributed by atoms with Crippen LogP contribution in [0, 0.1) is 5.92 Å². The van der Waals surface area contributed by atoms with Gasteiger partial charge in [-0.2, -0.15) is 0 Å². The number of amides is 2. The van der Waals surface area contributed by atoms with E-state index < -0.39 is 0 Å². The van der Waals surface area contributed by atoms with Gasteiger partial charge < -0.3 is 15.0 Å². The maximum Gasteiger partial charge on any atom is 0.251 e. The molecule has 2 heterocycles. The van der Waals surface area contributed by atoms with E-state index in [1.807, 2.05) is 4.90 Å². The van der Waals surface area contributed by atoms with Crippen molar-refractivity contribution in [3.8, 4) is 0 Å². The highest BCUT2D eigenvalue weighted by Crippen LogP contribution is 2.17. The number of hydrogen-bond acceptors (Lipinski definition) is 4. The standard InChI is InChI=1S/C16H29N3O3/c1-13(22-2)16(21)19-9-5-14(6-10-19)11-17-15(20)12-18-7-3-4-8-18/h13-14H,3-12H2,1-2H3,(H,17,20). The van der Waals surface area contributed by atoms with Crippen LogP contribution in [-0.2, 0) is 14.3 Å². The number of methoxy groups -OCH3 is 1. The number of nitrogens with zero attached hydrogens (tertiary/aromatic N) is 2. The summed E-state index contributed by atoms with van der Waals surface area (Å²) in [5, 5.41) is 3.05. The number of carbonyl (C=O) groups excluding carboxylic acids is 2. The summed E-state index contributed by atoms with van der Waals surface area (Å²) >= 11 is 0. The fourth-order valence-electron chi connectivity index (χ4n) is 3.17. The van der Waals surface area contributed by atoms with Crippen LogP contribution < -0.4 is 5.32 Å². The van der Waals surface area contributed by atoms with Crippen molar-refractivity contribution in [2.24, 2.45) is 5.92 Å². The first-order valence-corrected chi connectivity index (χ1v) is 8.40. The number of hydrogen-bond donors (Lipinski definition) is 1. The number of rotatable bonds is 6. The number of ether oxygens (including phenoxy) is 1. The third kappa shape index (κ3) is 4.95. The fraction of sp³-hybridized carbons (Fsp3) is 0.875. The Morgan fingerprint density at radius 2 is 1.82 bits per heavy atom. The van der Waals surface area contributed by atoms with Gasteiger partial charge in [0.15, 0.2) is 0 Å². The normalized spacial score (nSPS) is 21.8. The smallest absolute Gasteiger partial charge is 0.251 e. The Balaban J connectivity index is 1.62. The van der Waals surface area contributed by atoms with Crippen LogP contribution in [0.25, 0.3) is 0 Å². The molecular formula is C16H29N3O3. The molecule has 6 nitrogen and oxygen atoms in total. The lowest BCUT2D eigenvalue weighted by Gasteiger charge is -2.33. The molecule has 22 heavy (non-hydrogen) atoms. The minimum atomic E-state index is -0.364. The Kier molecular flexibility index (Phi) is 6.64.